The number of carbonyl (C=O) groups excluding carboxylic acids is 3. The molecule has 0 aliphatic heterocycles. The molecule has 1 aromatic rings. The number of hydrogen-bond acceptors (Lipinski definition) is 4. The van der Waals surface area contributed by atoms with Gasteiger partial charge in [-0.05, 0) is 37.5 Å². The molecule has 1 aliphatic rings. The lowest BCUT2D eigenvalue weighted by molar-refractivity contribution is -0.122. The number of amides is 3. The highest BCUT2D eigenvalue weighted by Crippen LogP contribution is 2.28. The Morgan fingerprint density at radius 2 is 1.69 bits per heavy atom. The number of aliphatic imine (C=N–C) groups is 1. The van der Waals surface area contributed by atoms with Gasteiger partial charge in [0.1, 0.15) is 0 Å². The lowest BCUT2D eigenvalue weighted by Gasteiger charge is -2.12. The van der Waals surface area contributed by atoms with Crippen molar-refractivity contribution in [2.75, 3.05) is 26.2 Å². The van der Waals surface area contributed by atoms with Gasteiger partial charge in [0.25, 0.3) is 5.91 Å². The van der Waals surface area contributed by atoms with Crippen molar-refractivity contribution >= 4 is 47.7 Å². The first-order valence-electron chi connectivity index (χ1n) is 9.45. The van der Waals surface area contributed by atoms with Gasteiger partial charge in [-0.3, -0.25) is 14.4 Å². The van der Waals surface area contributed by atoms with E-state index in [4.69, 9.17) is 5.73 Å². The van der Waals surface area contributed by atoms with Crippen LogP contribution in [0.1, 0.15) is 35.7 Å². The molecule has 3 amide bonds. The van der Waals surface area contributed by atoms with Crippen molar-refractivity contribution in [1.29, 1.82) is 0 Å². The average Bonchev–Trinajstić information content (AvgIpc) is 3.53. The Hall–Kier alpha value is -2.37. The summed E-state index contributed by atoms with van der Waals surface area (Å²) in [6.07, 6.45) is 1.99. The van der Waals surface area contributed by atoms with E-state index in [1.807, 2.05) is 19.1 Å². The third-order valence-corrected chi connectivity index (χ3v) is 4.07. The molecule has 1 saturated carbocycles. The van der Waals surface area contributed by atoms with Crippen molar-refractivity contribution in [2.24, 2.45) is 16.6 Å². The zero-order valence-corrected chi connectivity index (χ0v) is 18.8. The first-order valence-corrected chi connectivity index (χ1v) is 9.45. The van der Waals surface area contributed by atoms with Gasteiger partial charge in [0.15, 0.2) is 5.96 Å². The molecule has 0 aromatic heterocycles. The number of hydrogen-bond donors (Lipinski definition) is 5. The van der Waals surface area contributed by atoms with Crippen LogP contribution >= 0.6 is 24.0 Å². The molecule has 1 fully saturated rings. The Labute approximate surface area is 187 Å². The molecule has 0 heterocycles. The molecule has 0 unspecified atom stereocenters. The standard InChI is InChI=1S/C19H28N6O3.HI/c1-2-21-19(23-10-9-22-17(27)15-7-8-15)25-11-13-3-5-14(6-4-13)18(28)24-12-16(20)26;/h3-6,15H,2,7-12H2,1H3,(H2,20,26)(H,22,27)(H,24,28)(H2,21,23,25);1H. The number of nitrogens with two attached hydrogens (primary N) is 1. The molecule has 9 nitrogen and oxygen atoms in total. The summed E-state index contributed by atoms with van der Waals surface area (Å²) >= 11 is 0. The summed E-state index contributed by atoms with van der Waals surface area (Å²) in [6, 6.07) is 6.97. The second-order valence-corrected chi connectivity index (χ2v) is 6.53. The molecule has 2 rings (SSSR count). The van der Waals surface area contributed by atoms with E-state index < -0.39 is 5.91 Å². The van der Waals surface area contributed by atoms with E-state index >= 15 is 0 Å². The number of rotatable bonds is 10. The zero-order chi connectivity index (χ0) is 20.4. The van der Waals surface area contributed by atoms with E-state index in [-0.39, 0.29) is 48.3 Å². The van der Waals surface area contributed by atoms with Crippen molar-refractivity contribution in [3.05, 3.63) is 35.4 Å². The van der Waals surface area contributed by atoms with E-state index in [1.165, 1.54) is 0 Å². The van der Waals surface area contributed by atoms with Gasteiger partial charge in [-0.2, -0.15) is 0 Å². The number of primary amides is 1. The number of nitrogens with one attached hydrogen (secondary N) is 4. The van der Waals surface area contributed by atoms with Gasteiger partial charge in [-0.15, -0.1) is 24.0 Å². The predicted octanol–water partition coefficient (Wildman–Crippen LogP) is 0.101. The van der Waals surface area contributed by atoms with Crippen molar-refractivity contribution < 1.29 is 14.4 Å². The summed E-state index contributed by atoms with van der Waals surface area (Å²) in [5.41, 5.74) is 6.39. The minimum absolute atomic E-state index is 0. The quantitative estimate of drug-likeness (QED) is 0.130. The van der Waals surface area contributed by atoms with E-state index in [0.29, 0.717) is 31.2 Å². The van der Waals surface area contributed by atoms with Crippen molar-refractivity contribution in [3.63, 3.8) is 0 Å². The Kier molecular flexibility index (Phi) is 11.0. The number of guanidine groups is 1. The fraction of sp³-hybridized carbons (Fsp3) is 0.474. The largest absolute Gasteiger partial charge is 0.368 e. The summed E-state index contributed by atoms with van der Waals surface area (Å²) in [5, 5.41) is 11.7. The molecule has 0 saturated heterocycles. The van der Waals surface area contributed by atoms with Crippen LogP contribution in [-0.4, -0.2) is 49.9 Å². The van der Waals surface area contributed by atoms with Gasteiger partial charge in [-0.25, -0.2) is 4.99 Å². The maximum Gasteiger partial charge on any atom is 0.251 e. The summed E-state index contributed by atoms with van der Waals surface area (Å²) < 4.78 is 0. The highest BCUT2D eigenvalue weighted by Gasteiger charge is 2.28. The summed E-state index contributed by atoms with van der Waals surface area (Å²) in [5.74, 6) is 0.0601. The molecule has 0 spiro atoms. The second kappa shape index (κ2) is 13.0. The molecule has 160 valence electrons. The minimum Gasteiger partial charge on any atom is -0.368 e. The Morgan fingerprint density at radius 1 is 1.03 bits per heavy atom. The lowest BCUT2D eigenvalue weighted by atomic mass is 10.1. The Balaban J connectivity index is 0.00000420. The van der Waals surface area contributed by atoms with E-state index in [9.17, 15) is 14.4 Å². The summed E-state index contributed by atoms with van der Waals surface area (Å²) in [7, 11) is 0. The van der Waals surface area contributed by atoms with Crippen LogP contribution in [0.15, 0.2) is 29.3 Å². The second-order valence-electron chi connectivity index (χ2n) is 6.53. The van der Waals surface area contributed by atoms with Gasteiger partial charge in [0.2, 0.25) is 11.8 Å². The topological polar surface area (TPSA) is 138 Å². The summed E-state index contributed by atoms with van der Waals surface area (Å²) in [4.78, 5) is 38.7. The molecule has 10 heteroatoms. The molecule has 0 atom stereocenters. The van der Waals surface area contributed by atoms with E-state index in [0.717, 1.165) is 24.9 Å². The third kappa shape index (κ3) is 9.59. The van der Waals surface area contributed by atoms with Gasteiger partial charge in [0.05, 0.1) is 13.1 Å². The lowest BCUT2D eigenvalue weighted by Crippen LogP contribution is -2.41. The fourth-order valence-electron chi connectivity index (χ4n) is 2.40. The molecule has 1 aromatic carbocycles. The number of benzene rings is 1. The third-order valence-electron chi connectivity index (χ3n) is 4.07. The van der Waals surface area contributed by atoms with Crippen LogP contribution in [0.5, 0.6) is 0 Å². The van der Waals surface area contributed by atoms with Crippen LogP contribution in [0.2, 0.25) is 0 Å². The van der Waals surface area contributed by atoms with Crippen LogP contribution in [0.25, 0.3) is 0 Å². The fourth-order valence-corrected chi connectivity index (χ4v) is 2.40. The first-order chi connectivity index (χ1) is 13.5. The van der Waals surface area contributed by atoms with Crippen LogP contribution in [0.3, 0.4) is 0 Å². The Bertz CT molecular complexity index is 719. The first kappa shape index (κ1) is 24.7. The molecule has 29 heavy (non-hydrogen) atoms. The molecule has 0 bridgehead atoms. The smallest absolute Gasteiger partial charge is 0.251 e. The van der Waals surface area contributed by atoms with E-state index in [2.05, 4.69) is 26.3 Å². The van der Waals surface area contributed by atoms with Crippen LogP contribution in [0.4, 0.5) is 0 Å². The van der Waals surface area contributed by atoms with Crippen molar-refractivity contribution in [2.45, 2.75) is 26.3 Å². The van der Waals surface area contributed by atoms with Crippen molar-refractivity contribution in [3.8, 4) is 0 Å². The Morgan fingerprint density at radius 3 is 2.28 bits per heavy atom. The normalized spacial score (nSPS) is 13.1. The monoisotopic (exact) mass is 516 g/mol. The highest BCUT2D eigenvalue weighted by molar-refractivity contribution is 14.0. The highest BCUT2D eigenvalue weighted by atomic mass is 127. The SMILES string of the molecule is CCNC(=NCc1ccc(C(=O)NCC(N)=O)cc1)NCCNC(=O)C1CC1.I. The van der Waals surface area contributed by atoms with Gasteiger partial charge in [0, 0.05) is 31.1 Å². The summed E-state index contributed by atoms with van der Waals surface area (Å²) in [6.45, 7) is 4.08. The van der Waals surface area contributed by atoms with Gasteiger partial charge in [-0.1, -0.05) is 12.1 Å². The molecular formula is C19H29IN6O3. The minimum atomic E-state index is -0.588. The number of carbonyl (C=O) groups is 3. The molecule has 6 N–H and O–H groups in total. The van der Waals surface area contributed by atoms with Gasteiger partial charge >= 0.3 is 0 Å². The van der Waals surface area contributed by atoms with Crippen LogP contribution < -0.4 is 27.0 Å². The maximum absolute atomic E-state index is 11.9. The molecule has 0 radical (unpaired) electrons. The van der Waals surface area contributed by atoms with Crippen LogP contribution in [-0.2, 0) is 16.1 Å². The van der Waals surface area contributed by atoms with Crippen molar-refractivity contribution in [1.82, 2.24) is 21.3 Å². The number of nitrogens with zero attached hydrogens (tertiary/aromatic N) is 1. The predicted molar refractivity (Wildman–Crippen MR) is 122 cm³/mol. The molecular weight excluding hydrogens is 487 g/mol. The van der Waals surface area contributed by atoms with Crippen LogP contribution in [0, 0.1) is 5.92 Å². The maximum atomic E-state index is 11.9. The number of halogens is 1. The zero-order valence-electron chi connectivity index (χ0n) is 16.5. The molecule has 1 aliphatic carbocycles. The van der Waals surface area contributed by atoms with E-state index in [1.54, 1.807) is 12.1 Å². The van der Waals surface area contributed by atoms with Gasteiger partial charge < -0.3 is 27.0 Å². The average molecular weight is 516 g/mol.